The molecule has 4 aromatic rings. The monoisotopic (exact) mass is 434 g/mol. The number of rotatable bonds is 4. The van der Waals surface area contributed by atoms with E-state index < -0.39 is 0 Å². The maximum absolute atomic E-state index is 12.9. The van der Waals surface area contributed by atoms with E-state index >= 15 is 0 Å². The van der Waals surface area contributed by atoms with E-state index in [0.717, 1.165) is 42.9 Å². The Bertz CT molecular complexity index is 1370. The van der Waals surface area contributed by atoms with Crippen LogP contribution in [0.4, 0.5) is 11.4 Å². The van der Waals surface area contributed by atoms with Crippen LogP contribution in [0.2, 0.25) is 0 Å². The Kier molecular flexibility index (Phi) is 4.90. The topological polar surface area (TPSA) is 112 Å². The van der Waals surface area contributed by atoms with E-state index in [2.05, 4.69) is 38.9 Å². The number of hydrogen-bond acceptors (Lipinski definition) is 7. The molecule has 0 unspecified atom stereocenters. The third kappa shape index (κ3) is 3.21. The maximum atomic E-state index is 12.9. The van der Waals surface area contributed by atoms with Crippen LogP contribution in [0.15, 0.2) is 35.1 Å². The van der Waals surface area contributed by atoms with E-state index in [1.54, 1.807) is 26.4 Å². The van der Waals surface area contributed by atoms with Gasteiger partial charge in [0.05, 0.1) is 41.8 Å². The van der Waals surface area contributed by atoms with E-state index in [0.29, 0.717) is 28.2 Å². The lowest BCUT2D eigenvalue weighted by atomic mass is 10.1. The molecule has 1 fully saturated rings. The van der Waals surface area contributed by atoms with Crippen molar-refractivity contribution in [3.63, 3.8) is 0 Å². The number of benzene rings is 2. The Balaban J connectivity index is 1.63. The quantitative estimate of drug-likeness (QED) is 0.452. The van der Waals surface area contributed by atoms with E-state index in [9.17, 15) is 4.79 Å². The predicted octanol–water partition coefficient (Wildman–Crippen LogP) is 2.42. The zero-order valence-corrected chi connectivity index (χ0v) is 18.4. The van der Waals surface area contributed by atoms with Crippen molar-refractivity contribution in [1.29, 1.82) is 0 Å². The van der Waals surface area contributed by atoms with Crippen molar-refractivity contribution in [3.8, 4) is 22.9 Å². The van der Waals surface area contributed by atoms with Gasteiger partial charge in [-0.25, -0.2) is 4.98 Å². The van der Waals surface area contributed by atoms with Crippen molar-refractivity contribution in [3.05, 3.63) is 40.7 Å². The number of methoxy groups -OCH3 is 2. The van der Waals surface area contributed by atoms with Gasteiger partial charge in [0.15, 0.2) is 11.5 Å². The highest BCUT2D eigenvalue weighted by Crippen LogP contribution is 2.40. The number of nitrogens with zero attached hydrogens (tertiary/aromatic N) is 3. The van der Waals surface area contributed by atoms with Gasteiger partial charge in [-0.3, -0.25) is 4.79 Å². The molecular weight excluding hydrogens is 408 g/mol. The number of H-pyrrole nitrogens is 2. The third-order valence-electron chi connectivity index (χ3n) is 6.13. The van der Waals surface area contributed by atoms with Gasteiger partial charge in [-0.2, -0.15) is 0 Å². The summed E-state index contributed by atoms with van der Waals surface area (Å²) in [4.78, 5) is 28.5. The number of fused-ring (bicyclic) bond motifs is 2. The molecule has 0 saturated carbocycles. The molecule has 2 aromatic carbocycles. The lowest BCUT2D eigenvalue weighted by molar-refractivity contribution is 0.313. The standard InChI is InChI=1S/C23H26N6O3/c1-28-8-10-29(11-9-28)13-4-5-14-16(12-13)26-22(25-14)19-20(24)18-15(27-23(19)30)6-7-17(31-2)21(18)32-3/h4-7,12H,8-11H2,1-3H3,(H,25,26)(H3,24,27,30). The smallest absolute Gasteiger partial charge is 0.261 e. The molecule has 5 rings (SSSR count). The van der Waals surface area contributed by atoms with Gasteiger partial charge in [0.1, 0.15) is 11.4 Å². The maximum Gasteiger partial charge on any atom is 0.261 e. The molecular formula is C23H26N6O3. The molecule has 4 N–H and O–H groups in total. The largest absolute Gasteiger partial charge is 0.493 e. The van der Waals surface area contributed by atoms with Gasteiger partial charge in [0.25, 0.3) is 5.56 Å². The predicted molar refractivity (Wildman–Crippen MR) is 127 cm³/mol. The van der Waals surface area contributed by atoms with Gasteiger partial charge >= 0.3 is 0 Å². The van der Waals surface area contributed by atoms with E-state index in [1.165, 1.54) is 0 Å². The molecule has 2 aromatic heterocycles. The number of pyridine rings is 1. The zero-order valence-electron chi connectivity index (χ0n) is 18.4. The van der Waals surface area contributed by atoms with Crippen LogP contribution in [0.1, 0.15) is 0 Å². The number of aromatic nitrogens is 3. The van der Waals surface area contributed by atoms with Gasteiger partial charge < -0.3 is 35.0 Å². The number of aromatic amines is 2. The van der Waals surface area contributed by atoms with E-state index in [4.69, 9.17) is 20.2 Å². The molecule has 0 bridgehead atoms. The number of likely N-dealkylation sites (N-methyl/N-ethyl adjacent to an activating group) is 1. The summed E-state index contributed by atoms with van der Waals surface area (Å²) in [5, 5.41) is 0.583. The van der Waals surface area contributed by atoms with Gasteiger partial charge in [-0.15, -0.1) is 0 Å². The molecule has 1 saturated heterocycles. The van der Waals surface area contributed by atoms with Crippen LogP contribution in [0, 0.1) is 0 Å². The van der Waals surface area contributed by atoms with Crippen LogP contribution in [0.25, 0.3) is 33.3 Å². The molecule has 1 aliphatic rings. The molecule has 0 aliphatic carbocycles. The van der Waals surface area contributed by atoms with Gasteiger partial charge in [-0.05, 0) is 37.4 Å². The van der Waals surface area contributed by atoms with E-state index in [-0.39, 0.29) is 16.8 Å². The fourth-order valence-corrected chi connectivity index (χ4v) is 4.34. The number of nitrogen functional groups attached to an aromatic ring is 1. The second-order valence-electron chi connectivity index (χ2n) is 8.04. The minimum atomic E-state index is -0.319. The molecule has 166 valence electrons. The van der Waals surface area contributed by atoms with Gasteiger partial charge in [0, 0.05) is 31.9 Å². The average molecular weight is 435 g/mol. The molecule has 0 atom stereocenters. The van der Waals surface area contributed by atoms with Crippen molar-refractivity contribution >= 4 is 33.3 Å². The van der Waals surface area contributed by atoms with Crippen molar-refractivity contribution in [2.75, 3.05) is 58.1 Å². The summed E-state index contributed by atoms with van der Waals surface area (Å²) in [6.07, 6.45) is 0. The summed E-state index contributed by atoms with van der Waals surface area (Å²) in [6.45, 7) is 3.99. The lowest BCUT2D eigenvalue weighted by Gasteiger charge is -2.34. The number of nitrogens with one attached hydrogen (secondary N) is 2. The number of hydrogen-bond donors (Lipinski definition) is 3. The highest BCUT2D eigenvalue weighted by molar-refractivity contribution is 6.03. The highest BCUT2D eigenvalue weighted by atomic mass is 16.5. The summed E-state index contributed by atoms with van der Waals surface area (Å²) in [5.74, 6) is 1.42. The summed E-state index contributed by atoms with van der Waals surface area (Å²) >= 11 is 0. The van der Waals surface area contributed by atoms with Gasteiger partial charge in [0.2, 0.25) is 0 Å². The summed E-state index contributed by atoms with van der Waals surface area (Å²) in [6, 6.07) is 9.61. The normalized spacial score (nSPS) is 14.9. The third-order valence-corrected chi connectivity index (χ3v) is 6.13. The second-order valence-corrected chi connectivity index (χ2v) is 8.04. The first-order valence-electron chi connectivity index (χ1n) is 10.5. The van der Waals surface area contributed by atoms with Crippen molar-refractivity contribution in [1.82, 2.24) is 19.9 Å². The molecule has 32 heavy (non-hydrogen) atoms. The van der Waals surface area contributed by atoms with Crippen LogP contribution >= 0.6 is 0 Å². The number of piperazine rings is 1. The fourth-order valence-electron chi connectivity index (χ4n) is 4.34. The molecule has 1 aliphatic heterocycles. The van der Waals surface area contributed by atoms with Gasteiger partial charge in [-0.1, -0.05) is 0 Å². The number of ether oxygens (including phenoxy) is 2. The fraction of sp³-hybridized carbons (Fsp3) is 0.304. The van der Waals surface area contributed by atoms with Crippen LogP contribution in [0.5, 0.6) is 11.5 Å². The highest BCUT2D eigenvalue weighted by Gasteiger charge is 2.21. The van der Waals surface area contributed by atoms with Crippen molar-refractivity contribution in [2.45, 2.75) is 0 Å². The minimum absolute atomic E-state index is 0.279. The summed E-state index contributed by atoms with van der Waals surface area (Å²) in [7, 11) is 5.24. The molecule has 9 heteroatoms. The first kappa shape index (κ1) is 20.2. The minimum Gasteiger partial charge on any atom is -0.493 e. The Labute approximate surface area is 184 Å². The van der Waals surface area contributed by atoms with Crippen molar-refractivity contribution in [2.24, 2.45) is 0 Å². The summed E-state index contributed by atoms with van der Waals surface area (Å²) < 4.78 is 10.9. The molecule has 9 nitrogen and oxygen atoms in total. The number of anilines is 2. The number of imidazole rings is 1. The first-order chi connectivity index (χ1) is 15.5. The van der Waals surface area contributed by atoms with E-state index in [1.807, 2.05) is 6.07 Å². The molecule has 0 amide bonds. The lowest BCUT2D eigenvalue weighted by Crippen LogP contribution is -2.44. The van der Waals surface area contributed by atoms with Crippen LogP contribution in [-0.4, -0.2) is 67.3 Å². The Morgan fingerprint density at radius 2 is 1.75 bits per heavy atom. The molecule has 0 spiro atoms. The van der Waals surface area contributed by atoms with Crippen LogP contribution in [-0.2, 0) is 0 Å². The van der Waals surface area contributed by atoms with Crippen LogP contribution in [0.3, 0.4) is 0 Å². The summed E-state index contributed by atoms with van der Waals surface area (Å²) in [5.41, 5.74) is 10.1. The Morgan fingerprint density at radius 3 is 2.47 bits per heavy atom. The zero-order chi connectivity index (χ0) is 22.4. The second kappa shape index (κ2) is 7.76. The number of nitrogens with two attached hydrogens (primary N) is 1. The molecule has 3 heterocycles. The molecule has 0 radical (unpaired) electrons. The SMILES string of the molecule is COc1ccc2[nH]c(=O)c(-c3nc4cc(N5CCN(C)CC5)ccc4[nH]3)c(N)c2c1OC. The Morgan fingerprint density at radius 1 is 1.00 bits per heavy atom. The van der Waals surface area contributed by atoms with Crippen molar-refractivity contribution < 1.29 is 9.47 Å². The Hall–Kier alpha value is -3.72. The van der Waals surface area contributed by atoms with Crippen LogP contribution < -0.4 is 25.7 Å². The average Bonchev–Trinajstić information content (AvgIpc) is 3.21. The first-order valence-corrected chi connectivity index (χ1v) is 10.5.